The Kier molecular flexibility index (Phi) is 4.66. The maximum absolute atomic E-state index is 14.1. The summed E-state index contributed by atoms with van der Waals surface area (Å²) < 4.78 is 27.5. The van der Waals surface area contributed by atoms with Crippen molar-refractivity contribution >= 4 is 22.5 Å². The van der Waals surface area contributed by atoms with Gasteiger partial charge in [0.25, 0.3) is 5.56 Å². The predicted molar refractivity (Wildman–Crippen MR) is 93.9 cm³/mol. The molecule has 1 aromatic carbocycles. The van der Waals surface area contributed by atoms with E-state index in [2.05, 4.69) is 15.3 Å². The van der Waals surface area contributed by atoms with Gasteiger partial charge in [0, 0.05) is 19.4 Å². The summed E-state index contributed by atoms with van der Waals surface area (Å²) in [5.74, 6) is -2.31. The number of nitrogens with one attached hydrogen (secondary N) is 2. The molecule has 0 spiro atoms. The van der Waals surface area contributed by atoms with Crippen molar-refractivity contribution in [2.45, 2.75) is 13.0 Å². The molecule has 0 radical (unpaired) electrons. The zero-order chi connectivity index (χ0) is 18.8. The standard InChI is InChI=1S/C18H16F2N4O2/c1-10(24(2)18(26)23-11-4-3-7-21-8-11)13-9-22-17(25)15-12(13)5-6-14(19)16(15)20/h3-10H,1-2H3,(H,22,25)(H,23,26)/t10-/m0/s1. The smallest absolute Gasteiger partial charge is 0.322 e. The van der Waals surface area contributed by atoms with Gasteiger partial charge in [-0.3, -0.25) is 9.78 Å². The maximum atomic E-state index is 14.1. The highest BCUT2D eigenvalue weighted by atomic mass is 19.2. The van der Waals surface area contributed by atoms with E-state index in [-0.39, 0.29) is 10.8 Å². The number of benzene rings is 1. The summed E-state index contributed by atoms with van der Waals surface area (Å²) in [6.45, 7) is 1.72. The highest BCUT2D eigenvalue weighted by Crippen LogP contribution is 2.27. The van der Waals surface area contributed by atoms with Gasteiger partial charge in [0.05, 0.1) is 23.3 Å². The number of aromatic nitrogens is 2. The number of rotatable bonds is 3. The number of H-pyrrole nitrogens is 1. The first kappa shape index (κ1) is 17.5. The number of anilines is 1. The monoisotopic (exact) mass is 358 g/mol. The largest absolute Gasteiger partial charge is 0.328 e. The average Bonchev–Trinajstić information content (AvgIpc) is 2.64. The van der Waals surface area contributed by atoms with Gasteiger partial charge in [0.2, 0.25) is 0 Å². The van der Waals surface area contributed by atoms with Crippen LogP contribution in [0.5, 0.6) is 0 Å². The van der Waals surface area contributed by atoms with E-state index in [0.717, 1.165) is 6.07 Å². The van der Waals surface area contributed by atoms with Gasteiger partial charge in [0.1, 0.15) is 0 Å². The first-order valence-corrected chi connectivity index (χ1v) is 7.83. The maximum Gasteiger partial charge on any atom is 0.322 e. The minimum Gasteiger partial charge on any atom is -0.328 e. The Morgan fingerprint density at radius 3 is 2.77 bits per heavy atom. The third kappa shape index (κ3) is 3.13. The Balaban J connectivity index is 1.96. The first-order valence-electron chi connectivity index (χ1n) is 7.83. The molecule has 0 unspecified atom stereocenters. The van der Waals surface area contributed by atoms with E-state index in [1.807, 2.05) is 0 Å². The van der Waals surface area contributed by atoms with E-state index in [1.165, 1.54) is 23.4 Å². The van der Waals surface area contributed by atoms with Gasteiger partial charge in [-0.15, -0.1) is 0 Å². The molecule has 3 aromatic rings. The second kappa shape index (κ2) is 6.91. The van der Waals surface area contributed by atoms with Gasteiger partial charge in [-0.1, -0.05) is 6.07 Å². The van der Waals surface area contributed by atoms with Crippen LogP contribution in [0.1, 0.15) is 18.5 Å². The van der Waals surface area contributed by atoms with Crippen molar-refractivity contribution in [1.82, 2.24) is 14.9 Å². The third-order valence-corrected chi connectivity index (χ3v) is 4.26. The number of halogens is 2. The quantitative estimate of drug-likeness (QED) is 0.753. The van der Waals surface area contributed by atoms with Crippen LogP contribution in [-0.4, -0.2) is 27.9 Å². The molecule has 6 nitrogen and oxygen atoms in total. The second-order valence-corrected chi connectivity index (χ2v) is 5.82. The number of nitrogens with zero attached hydrogens (tertiary/aromatic N) is 2. The zero-order valence-electron chi connectivity index (χ0n) is 14.1. The fraction of sp³-hybridized carbons (Fsp3) is 0.167. The molecule has 2 N–H and O–H groups in total. The SMILES string of the molecule is C[C@@H](c1c[nH]c(=O)c2c(F)c(F)ccc12)N(C)C(=O)Nc1cccnc1. The van der Waals surface area contributed by atoms with E-state index in [0.29, 0.717) is 11.3 Å². The Hall–Kier alpha value is -3.29. The van der Waals surface area contributed by atoms with Crippen molar-refractivity contribution in [1.29, 1.82) is 0 Å². The minimum absolute atomic E-state index is 0.251. The number of carbonyl (C=O) groups is 1. The molecule has 0 saturated heterocycles. The molecule has 26 heavy (non-hydrogen) atoms. The highest BCUT2D eigenvalue weighted by molar-refractivity contribution is 5.90. The normalized spacial score (nSPS) is 12.0. The van der Waals surface area contributed by atoms with Crippen LogP contribution in [0.2, 0.25) is 0 Å². The molecule has 2 amide bonds. The highest BCUT2D eigenvalue weighted by Gasteiger charge is 2.22. The van der Waals surface area contributed by atoms with Gasteiger partial charge in [-0.25, -0.2) is 13.6 Å². The van der Waals surface area contributed by atoms with Crippen LogP contribution in [0.3, 0.4) is 0 Å². The van der Waals surface area contributed by atoms with E-state index < -0.39 is 29.3 Å². The third-order valence-electron chi connectivity index (χ3n) is 4.26. The molecule has 3 rings (SSSR count). The van der Waals surface area contributed by atoms with Crippen molar-refractivity contribution < 1.29 is 13.6 Å². The van der Waals surface area contributed by atoms with E-state index in [4.69, 9.17) is 0 Å². The molecule has 0 aliphatic carbocycles. The van der Waals surface area contributed by atoms with Crippen molar-refractivity contribution in [2.75, 3.05) is 12.4 Å². The fourth-order valence-corrected chi connectivity index (χ4v) is 2.68. The Bertz CT molecular complexity index is 1020. The molecule has 8 heteroatoms. The van der Waals surface area contributed by atoms with Crippen LogP contribution >= 0.6 is 0 Å². The predicted octanol–water partition coefficient (Wildman–Crippen LogP) is 3.43. The summed E-state index contributed by atoms with van der Waals surface area (Å²) in [6, 6.07) is 4.75. The molecule has 0 fully saturated rings. The van der Waals surface area contributed by atoms with Gasteiger partial charge >= 0.3 is 6.03 Å². The van der Waals surface area contributed by atoms with E-state index in [1.54, 1.807) is 32.3 Å². The number of aromatic amines is 1. The van der Waals surface area contributed by atoms with E-state index >= 15 is 0 Å². The van der Waals surface area contributed by atoms with Gasteiger partial charge in [-0.05, 0) is 36.1 Å². The lowest BCUT2D eigenvalue weighted by molar-refractivity contribution is 0.208. The topological polar surface area (TPSA) is 78.1 Å². The van der Waals surface area contributed by atoms with Gasteiger partial charge in [-0.2, -0.15) is 0 Å². The molecule has 0 aliphatic heterocycles. The molecule has 0 aliphatic rings. The summed E-state index contributed by atoms with van der Waals surface area (Å²) in [7, 11) is 1.56. The van der Waals surface area contributed by atoms with Gasteiger partial charge < -0.3 is 15.2 Å². The lowest BCUT2D eigenvalue weighted by Gasteiger charge is -2.26. The molecule has 134 valence electrons. The average molecular weight is 358 g/mol. The van der Waals surface area contributed by atoms with Crippen LogP contribution < -0.4 is 10.9 Å². The molecular weight excluding hydrogens is 342 g/mol. The Morgan fingerprint density at radius 1 is 1.31 bits per heavy atom. The summed E-state index contributed by atoms with van der Waals surface area (Å²) in [6.07, 6.45) is 4.49. The van der Waals surface area contributed by atoms with E-state index in [9.17, 15) is 18.4 Å². The zero-order valence-corrected chi connectivity index (χ0v) is 14.1. The van der Waals surface area contributed by atoms with Crippen LogP contribution in [0.25, 0.3) is 10.8 Å². The Morgan fingerprint density at radius 2 is 2.08 bits per heavy atom. The number of hydrogen-bond acceptors (Lipinski definition) is 3. The number of amides is 2. The van der Waals surface area contributed by atoms with Crippen molar-refractivity contribution in [3.05, 3.63) is 70.4 Å². The second-order valence-electron chi connectivity index (χ2n) is 5.82. The van der Waals surface area contributed by atoms with Crippen molar-refractivity contribution in [3.8, 4) is 0 Å². The summed E-state index contributed by atoms with van der Waals surface area (Å²) in [4.78, 5) is 32.1. The Labute approximate surface area is 147 Å². The number of pyridine rings is 2. The molecule has 0 bridgehead atoms. The molecule has 2 aromatic heterocycles. The molecule has 1 atom stereocenters. The first-order chi connectivity index (χ1) is 12.4. The summed E-state index contributed by atoms with van der Waals surface area (Å²) in [5, 5.41) is 2.58. The van der Waals surface area contributed by atoms with Gasteiger partial charge in [0.15, 0.2) is 11.6 Å². The number of carbonyl (C=O) groups excluding carboxylic acids is 1. The fourth-order valence-electron chi connectivity index (χ4n) is 2.68. The molecule has 0 saturated carbocycles. The number of hydrogen-bond donors (Lipinski definition) is 2. The molecular formula is C18H16F2N4O2. The minimum atomic E-state index is -1.21. The van der Waals surface area contributed by atoms with Crippen LogP contribution in [-0.2, 0) is 0 Å². The lowest BCUT2D eigenvalue weighted by atomic mass is 10.0. The van der Waals surface area contributed by atoms with Crippen molar-refractivity contribution in [3.63, 3.8) is 0 Å². The van der Waals surface area contributed by atoms with Crippen LogP contribution in [0, 0.1) is 11.6 Å². The van der Waals surface area contributed by atoms with Crippen LogP contribution in [0.15, 0.2) is 47.7 Å². The lowest BCUT2D eigenvalue weighted by Crippen LogP contribution is -2.34. The summed E-state index contributed by atoms with van der Waals surface area (Å²) >= 11 is 0. The number of fused-ring (bicyclic) bond motifs is 1. The van der Waals surface area contributed by atoms with Crippen molar-refractivity contribution in [2.24, 2.45) is 0 Å². The summed E-state index contributed by atoms with van der Waals surface area (Å²) in [5.41, 5.74) is 0.286. The number of urea groups is 1. The molecule has 2 heterocycles. The van der Waals surface area contributed by atoms with Crippen LogP contribution in [0.4, 0.5) is 19.3 Å².